The van der Waals surface area contributed by atoms with Crippen molar-refractivity contribution in [3.05, 3.63) is 57.2 Å². The average Bonchev–Trinajstić information content (AvgIpc) is 3.88. The summed E-state index contributed by atoms with van der Waals surface area (Å²) < 4.78 is 19.4. The Bertz CT molecular complexity index is 1520. The lowest BCUT2D eigenvalue weighted by Crippen LogP contribution is -2.56. The normalized spacial score (nSPS) is 14.0. The molecule has 4 N–H and O–H groups in total. The van der Waals surface area contributed by atoms with Gasteiger partial charge in [-0.25, -0.2) is 18.9 Å². The molecule has 2 aromatic carbocycles. The topological polar surface area (TPSA) is 217 Å². The lowest BCUT2D eigenvalue weighted by atomic mass is 10.2. The Kier molecular flexibility index (Phi) is 21.7. The van der Waals surface area contributed by atoms with Gasteiger partial charge in [-0.3, -0.25) is 33.7 Å². The van der Waals surface area contributed by atoms with Crippen molar-refractivity contribution in [3.63, 3.8) is 0 Å². The molecule has 0 unspecified atom stereocenters. The van der Waals surface area contributed by atoms with E-state index >= 15 is 0 Å². The van der Waals surface area contributed by atoms with Crippen LogP contribution in [0.4, 0.5) is 25.4 Å². The Morgan fingerprint density at radius 2 is 1.33 bits per heavy atom. The summed E-state index contributed by atoms with van der Waals surface area (Å²) in [6.07, 6.45) is 2.48. The van der Waals surface area contributed by atoms with Crippen LogP contribution in [0, 0.1) is 5.82 Å². The summed E-state index contributed by atoms with van der Waals surface area (Å²) in [5.74, 6) is -5.64. The Morgan fingerprint density at radius 3 is 1.73 bits per heavy atom. The smallest absolute Gasteiger partial charge is 0.338 e. The summed E-state index contributed by atoms with van der Waals surface area (Å²) in [7, 11) is 0. The van der Waals surface area contributed by atoms with Crippen LogP contribution in [0.25, 0.3) is 0 Å². The number of aliphatic carboxylic acids is 2. The number of hydrogen-bond donors (Lipinski definition) is 4. The highest BCUT2D eigenvalue weighted by Gasteiger charge is 2.46. The molecule has 0 radical (unpaired) electrons. The lowest BCUT2D eigenvalue weighted by molar-refractivity contribution is -0.156. The number of imide groups is 2. The number of esters is 2. The molecule has 15 nitrogen and oxygen atoms in total. The van der Waals surface area contributed by atoms with Gasteiger partial charge in [-0.2, -0.15) is 0 Å². The lowest BCUT2D eigenvalue weighted by Gasteiger charge is -2.32. The highest BCUT2D eigenvalue weighted by molar-refractivity contribution is 9.10. The number of carbonyl (C=O) groups is 8. The summed E-state index contributed by atoms with van der Waals surface area (Å²) in [6, 6.07) is 10.9. The van der Waals surface area contributed by atoms with E-state index in [9.17, 15) is 42.7 Å². The zero-order valence-electron chi connectivity index (χ0n) is 25.5. The van der Waals surface area contributed by atoms with Gasteiger partial charge in [0, 0.05) is 40.6 Å². The number of carbonyl (C=O) groups excluding carboxylic acids is 6. The number of benzene rings is 2. The predicted octanol–water partition coefficient (Wildman–Crippen LogP) is 6.72. The monoisotopic (exact) mass is 848 g/mol. The molecule has 1 saturated heterocycles. The molecule has 282 valence electrons. The van der Waals surface area contributed by atoms with E-state index in [0.717, 1.165) is 45.6 Å². The molecule has 0 spiro atoms. The predicted molar refractivity (Wildman–Crippen MR) is 193 cm³/mol. The van der Waals surface area contributed by atoms with Crippen molar-refractivity contribution in [1.82, 2.24) is 10.2 Å². The molecular formula is C33H43Br2FN4O11. The molecule has 2 aromatic rings. The van der Waals surface area contributed by atoms with Crippen molar-refractivity contribution >= 4 is 91.0 Å². The number of barbiturate groups is 1. The molecule has 6 amide bonds. The Labute approximate surface area is 312 Å². The Hall–Kier alpha value is -4.71. The number of halogens is 3. The molecule has 1 aliphatic heterocycles. The van der Waals surface area contributed by atoms with Gasteiger partial charge in [-0.05, 0) is 68.1 Å². The van der Waals surface area contributed by atoms with Crippen molar-refractivity contribution in [3.8, 4) is 0 Å². The Balaban J connectivity index is 0. The number of ether oxygens (including phenoxy) is 1. The van der Waals surface area contributed by atoms with Crippen LogP contribution in [0.15, 0.2) is 51.4 Å². The first-order chi connectivity index (χ1) is 22.5. The van der Waals surface area contributed by atoms with Crippen LogP contribution in [0.2, 0.25) is 0 Å². The van der Waals surface area contributed by atoms with Crippen molar-refractivity contribution in [2.24, 2.45) is 0 Å². The summed E-state index contributed by atoms with van der Waals surface area (Å²) in [6.45, 7) is 2.36. The summed E-state index contributed by atoms with van der Waals surface area (Å²) in [5, 5.41) is 21.0. The van der Waals surface area contributed by atoms with Crippen LogP contribution in [0.1, 0.15) is 74.7 Å². The van der Waals surface area contributed by atoms with Crippen LogP contribution in [-0.4, -0.2) is 75.0 Å². The van der Waals surface area contributed by atoms with Crippen LogP contribution < -0.4 is 15.5 Å². The number of hydrogen-bond acceptors (Lipinski definition) is 9. The van der Waals surface area contributed by atoms with E-state index in [4.69, 9.17) is 10.2 Å². The number of rotatable bonds is 6. The first-order valence-corrected chi connectivity index (χ1v) is 15.7. The average molecular weight is 851 g/mol. The highest BCUT2D eigenvalue weighted by Crippen LogP contribution is 2.33. The van der Waals surface area contributed by atoms with Gasteiger partial charge in [-0.1, -0.05) is 54.1 Å². The van der Waals surface area contributed by atoms with Crippen molar-refractivity contribution < 1.29 is 57.7 Å². The molecule has 51 heavy (non-hydrogen) atoms. The van der Waals surface area contributed by atoms with Crippen LogP contribution in [0.3, 0.4) is 0 Å². The summed E-state index contributed by atoms with van der Waals surface area (Å²) in [4.78, 5) is 87.6. The molecule has 2 aliphatic carbocycles. The third-order valence-corrected chi connectivity index (χ3v) is 6.91. The molecule has 5 rings (SSSR count). The zero-order chi connectivity index (χ0) is 36.1. The van der Waals surface area contributed by atoms with Gasteiger partial charge < -0.3 is 25.6 Å². The number of anilines is 2. The molecule has 3 fully saturated rings. The molecule has 1 heterocycles. The highest BCUT2D eigenvalue weighted by atomic mass is 79.9. The van der Waals surface area contributed by atoms with E-state index in [1.807, 2.05) is 24.3 Å². The molecule has 0 aromatic heterocycles. The quantitative estimate of drug-likeness (QED) is 0.177. The first kappa shape index (κ1) is 48.4. The van der Waals surface area contributed by atoms with E-state index in [-0.39, 0.29) is 40.0 Å². The minimum atomic E-state index is -1.31. The number of carboxylic acid groups (broad SMARTS) is 2. The van der Waals surface area contributed by atoms with Gasteiger partial charge >= 0.3 is 35.9 Å². The number of carboxylic acids is 2. The molecule has 0 bridgehead atoms. The van der Waals surface area contributed by atoms with Crippen molar-refractivity contribution in [1.29, 1.82) is 0 Å². The number of urea groups is 2. The summed E-state index contributed by atoms with van der Waals surface area (Å²) >= 11 is 6.45. The minimum absolute atomic E-state index is 0. The van der Waals surface area contributed by atoms with Gasteiger partial charge in [0.2, 0.25) is 11.8 Å². The van der Waals surface area contributed by atoms with E-state index in [1.54, 1.807) is 0 Å². The van der Waals surface area contributed by atoms with Crippen molar-refractivity contribution in [2.45, 2.75) is 86.7 Å². The standard InChI is InChI=1S/C13H10BrFN2O3.C10H11BrN2O.C4H6O3.C3H4O4.3CH4/c14-7-1-4-10(9(15)5-7)17-12(19)6-11(18)16(13(17)20)8-2-3-8;11-7-1-3-8(4-2-7)12-10(14)13-9-5-6-9;1-3(5)7-4(2)6;4-2(5)1-3(6)7;;;/h1,4-5,8H,2-3,6H2;1-4,9H,5-6H2,(H2,12,13,14);1-2H3;1H2,(H,4,5)(H,6,7);3*1H4. The SMILES string of the molecule is C.C.C.CC(=O)OC(C)=O.O=C(Nc1ccc(Br)cc1)NC1CC1.O=C(O)CC(=O)O.O=C1CC(=O)N(C2CC2)C(=O)N1c1ccc(Br)cc1F. The first-order valence-electron chi connectivity index (χ1n) is 14.1. The van der Waals surface area contributed by atoms with Crippen LogP contribution in [0.5, 0.6) is 0 Å². The molecule has 2 saturated carbocycles. The van der Waals surface area contributed by atoms with Gasteiger partial charge in [-0.15, -0.1) is 0 Å². The van der Waals surface area contributed by atoms with Gasteiger partial charge in [0.1, 0.15) is 18.7 Å². The molecule has 3 aliphatic rings. The zero-order valence-corrected chi connectivity index (χ0v) is 28.7. The largest absolute Gasteiger partial charge is 0.481 e. The molecule has 0 atom stereocenters. The number of nitrogens with zero attached hydrogens (tertiary/aromatic N) is 2. The van der Waals surface area contributed by atoms with Gasteiger partial charge in [0.25, 0.3) is 0 Å². The summed E-state index contributed by atoms with van der Waals surface area (Å²) in [5.41, 5.74) is 0.688. The van der Waals surface area contributed by atoms with Crippen molar-refractivity contribution in [2.75, 3.05) is 10.2 Å². The fourth-order valence-corrected chi connectivity index (χ4v) is 4.25. The maximum Gasteiger partial charge on any atom is 0.338 e. The fraction of sp³-hybridized carbons (Fsp3) is 0.394. The van der Waals surface area contributed by atoms with Crippen LogP contribution >= 0.6 is 31.9 Å². The maximum absolute atomic E-state index is 13.9. The fourth-order valence-electron chi connectivity index (χ4n) is 3.65. The maximum atomic E-state index is 13.9. The number of nitrogens with one attached hydrogen (secondary N) is 2. The molecule has 18 heteroatoms. The van der Waals surface area contributed by atoms with Gasteiger partial charge in [0.05, 0.1) is 5.69 Å². The third kappa shape index (κ3) is 18.2. The van der Waals surface area contributed by atoms with E-state index in [0.29, 0.717) is 10.5 Å². The minimum Gasteiger partial charge on any atom is -0.481 e. The van der Waals surface area contributed by atoms with E-state index < -0.39 is 60.4 Å². The molecular weight excluding hydrogens is 807 g/mol. The second-order valence-corrected chi connectivity index (χ2v) is 12.0. The second kappa shape index (κ2) is 22.9. The Morgan fingerprint density at radius 1 is 0.824 bits per heavy atom. The van der Waals surface area contributed by atoms with E-state index in [1.165, 1.54) is 32.0 Å². The van der Waals surface area contributed by atoms with Crippen LogP contribution in [-0.2, 0) is 33.5 Å². The van der Waals surface area contributed by atoms with E-state index in [2.05, 4.69) is 47.2 Å². The van der Waals surface area contributed by atoms with Gasteiger partial charge in [0.15, 0.2) is 0 Å². The second-order valence-electron chi connectivity index (χ2n) is 10.2. The number of amides is 6. The third-order valence-electron chi connectivity index (χ3n) is 5.89.